The van der Waals surface area contributed by atoms with Gasteiger partial charge in [-0.1, -0.05) is 6.92 Å². The first kappa shape index (κ1) is 15.0. The van der Waals surface area contributed by atoms with Crippen LogP contribution >= 0.6 is 27.3 Å². The van der Waals surface area contributed by atoms with Gasteiger partial charge in [-0.3, -0.25) is 0 Å². The highest BCUT2D eigenvalue weighted by Gasteiger charge is 2.33. The van der Waals surface area contributed by atoms with Gasteiger partial charge in [0.2, 0.25) is 10.0 Å². The largest absolute Gasteiger partial charge is 0.309 e. The van der Waals surface area contributed by atoms with Crippen LogP contribution in [0.15, 0.2) is 14.7 Å². The molecule has 0 radical (unpaired) electrons. The van der Waals surface area contributed by atoms with Crippen LogP contribution in [0.5, 0.6) is 0 Å². The molecule has 1 saturated carbocycles. The standard InChI is InChI=1S/C13H19BrN2O2S2/c1-9-4-5-16(8-9)20(17,18)12-6-11(19-13(12)14)7-15-10-2-3-10/h6,9-10,15H,2-5,7-8H2,1H3. The maximum Gasteiger partial charge on any atom is 0.245 e. The van der Waals surface area contributed by atoms with Gasteiger partial charge in [0, 0.05) is 30.6 Å². The number of thiophene rings is 1. The van der Waals surface area contributed by atoms with Crippen molar-refractivity contribution >= 4 is 37.3 Å². The third-order valence-electron chi connectivity index (χ3n) is 3.85. The number of nitrogens with one attached hydrogen (secondary N) is 1. The van der Waals surface area contributed by atoms with E-state index in [4.69, 9.17) is 0 Å². The zero-order valence-corrected chi connectivity index (χ0v) is 14.7. The van der Waals surface area contributed by atoms with Crippen molar-refractivity contribution in [3.63, 3.8) is 0 Å². The highest BCUT2D eigenvalue weighted by Crippen LogP contribution is 2.35. The quantitative estimate of drug-likeness (QED) is 0.856. The van der Waals surface area contributed by atoms with E-state index in [1.807, 2.05) is 6.07 Å². The van der Waals surface area contributed by atoms with Gasteiger partial charge in [-0.05, 0) is 47.2 Å². The number of nitrogens with zero attached hydrogens (tertiary/aromatic N) is 1. The summed E-state index contributed by atoms with van der Waals surface area (Å²) in [7, 11) is -3.34. The van der Waals surface area contributed by atoms with Gasteiger partial charge in [-0.15, -0.1) is 11.3 Å². The summed E-state index contributed by atoms with van der Waals surface area (Å²) >= 11 is 4.94. The predicted molar refractivity (Wildman–Crippen MR) is 84.4 cm³/mol. The lowest BCUT2D eigenvalue weighted by Gasteiger charge is -2.15. The van der Waals surface area contributed by atoms with Crippen molar-refractivity contribution in [1.29, 1.82) is 0 Å². The Morgan fingerprint density at radius 2 is 2.20 bits per heavy atom. The Labute approximate surface area is 132 Å². The average molecular weight is 379 g/mol. The lowest BCUT2D eigenvalue weighted by Crippen LogP contribution is -2.28. The van der Waals surface area contributed by atoms with Crippen molar-refractivity contribution in [2.75, 3.05) is 13.1 Å². The minimum Gasteiger partial charge on any atom is -0.309 e. The van der Waals surface area contributed by atoms with E-state index >= 15 is 0 Å². The molecule has 20 heavy (non-hydrogen) atoms. The predicted octanol–water partition coefficient (Wildman–Crippen LogP) is 2.79. The van der Waals surface area contributed by atoms with Crippen LogP contribution in [0.3, 0.4) is 0 Å². The first-order valence-corrected chi connectivity index (χ1v) is 10.0. The molecular weight excluding hydrogens is 360 g/mol. The topological polar surface area (TPSA) is 49.4 Å². The van der Waals surface area contributed by atoms with Crippen LogP contribution in [0.4, 0.5) is 0 Å². The summed E-state index contributed by atoms with van der Waals surface area (Å²) in [5.41, 5.74) is 0. The molecule has 0 aromatic carbocycles. The lowest BCUT2D eigenvalue weighted by atomic mass is 10.2. The molecule has 112 valence electrons. The number of rotatable bonds is 5. The van der Waals surface area contributed by atoms with Crippen molar-refractivity contribution in [2.45, 2.75) is 43.7 Å². The fourth-order valence-corrected chi connectivity index (χ4v) is 6.60. The molecule has 2 fully saturated rings. The maximum atomic E-state index is 12.6. The zero-order valence-electron chi connectivity index (χ0n) is 11.4. The van der Waals surface area contributed by atoms with E-state index in [2.05, 4.69) is 28.2 Å². The lowest BCUT2D eigenvalue weighted by molar-refractivity contribution is 0.464. The second-order valence-electron chi connectivity index (χ2n) is 5.76. The molecule has 0 amide bonds. The first-order chi connectivity index (χ1) is 9.46. The van der Waals surface area contributed by atoms with Gasteiger partial charge < -0.3 is 5.32 Å². The minimum atomic E-state index is -3.34. The fourth-order valence-electron chi connectivity index (χ4n) is 2.45. The Balaban J connectivity index is 1.77. The second kappa shape index (κ2) is 5.68. The van der Waals surface area contributed by atoms with Crippen LogP contribution in [-0.4, -0.2) is 31.9 Å². The summed E-state index contributed by atoms with van der Waals surface area (Å²) in [5, 5.41) is 3.42. The molecule has 1 saturated heterocycles. The smallest absolute Gasteiger partial charge is 0.245 e. The van der Waals surface area contributed by atoms with E-state index in [9.17, 15) is 8.42 Å². The third kappa shape index (κ3) is 3.11. The SMILES string of the molecule is CC1CCN(S(=O)(=O)c2cc(CNC3CC3)sc2Br)C1. The molecule has 1 aromatic heterocycles. The van der Waals surface area contributed by atoms with Gasteiger partial charge in [0.05, 0.1) is 3.79 Å². The Morgan fingerprint density at radius 3 is 2.80 bits per heavy atom. The van der Waals surface area contributed by atoms with Crippen LogP contribution in [0, 0.1) is 5.92 Å². The molecule has 1 N–H and O–H groups in total. The molecule has 1 aromatic rings. The molecule has 4 nitrogen and oxygen atoms in total. The van der Waals surface area contributed by atoms with Crippen LogP contribution < -0.4 is 5.32 Å². The number of hydrogen-bond donors (Lipinski definition) is 1. The van der Waals surface area contributed by atoms with Crippen molar-refractivity contribution in [3.8, 4) is 0 Å². The Bertz CT molecular complexity index is 596. The van der Waals surface area contributed by atoms with Crippen LogP contribution in [0.2, 0.25) is 0 Å². The molecule has 7 heteroatoms. The molecule has 1 atom stereocenters. The number of sulfonamides is 1. The average Bonchev–Trinajstić information content (AvgIpc) is 2.99. The van der Waals surface area contributed by atoms with Crippen LogP contribution in [-0.2, 0) is 16.6 Å². The van der Waals surface area contributed by atoms with Crippen molar-refractivity contribution in [1.82, 2.24) is 9.62 Å². The molecule has 1 unspecified atom stereocenters. The maximum absolute atomic E-state index is 12.6. The summed E-state index contributed by atoms with van der Waals surface area (Å²) in [5.74, 6) is 0.457. The zero-order chi connectivity index (χ0) is 14.3. The third-order valence-corrected chi connectivity index (χ3v) is 7.97. The molecule has 1 aliphatic carbocycles. The Morgan fingerprint density at radius 1 is 1.45 bits per heavy atom. The van der Waals surface area contributed by atoms with E-state index < -0.39 is 10.0 Å². The molecule has 0 spiro atoms. The van der Waals surface area contributed by atoms with Gasteiger partial charge in [-0.2, -0.15) is 4.31 Å². The van der Waals surface area contributed by atoms with E-state index in [1.165, 1.54) is 24.2 Å². The van der Waals surface area contributed by atoms with Gasteiger partial charge in [0.25, 0.3) is 0 Å². The number of halogens is 1. The van der Waals surface area contributed by atoms with E-state index in [0.29, 0.717) is 29.9 Å². The second-order valence-corrected chi connectivity index (χ2v) is 10.1. The van der Waals surface area contributed by atoms with Crippen molar-refractivity contribution in [2.24, 2.45) is 5.92 Å². The van der Waals surface area contributed by atoms with E-state index in [0.717, 1.165) is 21.6 Å². The minimum absolute atomic E-state index is 0.434. The summed E-state index contributed by atoms with van der Waals surface area (Å²) in [6.45, 7) is 4.14. The normalized spacial score (nSPS) is 24.4. The van der Waals surface area contributed by atoms with Gasteiger partial charge in [-0.25, -0.2) is 8.42 Å². The molecule has 2 heterocycles. The molecular formula is C13H19BrN2O2S2. The molecule has 3 rings (SSSR count). The fraction of sp³-hybridized carbons (Fsp3) is 0.692. The summed E-state index contributed by atoms with van der Waals surface area (Å²) in [6.07, 6.45) is 3.43. The van der Waals surface area contributed by atoms with E-state index in [-0.39, 0.29) is 0 Å². The Kier molecular flexibility index (Phi) is 4.25. The van der Waals surface area contributed by atoms with Crippen molar-refractivity contribution < 1.29 is 8.42 Å². The van der Waals surface area contributed by atoms with Gasteiger partial charge in [0.1, 0.15) is 4.90 Å². The van der Waals surface area contributed by atoms with Gasteiger partial charge >= 0.3 is 0 Å². The number of hydrogen-bond acceptors (Lipinski definition) is 4. The molecule has 2 aliphatic rings. The van der Waals surface area contributed by atoms with E-state index in [1.54, 1.807) is 4.31 Å². The van der Waals surface area contributed by atoms with Crippen molar-refractivity contribution in [3.05, 3.63) is 14.7 Å². The molecule has 1 aliphatic heterocycles. The van der Waals surface area contributed by atoms with Crippen LogP contribution in [0.25, 0.3) is 0 Å². The Hall–Kier alpha value is 0.0500. The summed E-state index contributed by atoms with van der Waals surface area (Å²) in [4.78, 5) is 1.51. The highest BCUT2D eigenvalue weighted by atomic mass is 79.9. The summed E-state index contributed by atoms with van der Waals surface area (Å²) < 4.78 is 27.6. The summed E-state index contributed by atoms with van der Waals surface area (Å²) in [6, 6.07) is 2.46. The first-order valence-electron chi connectivity index (χ1n) is 6.98. The van der Waals surface area contributed by atoms with Crippen LogP contribution in [0.1, 0.15) is 31.1 Å². The monoisotopic (exact) mass is 378 g/mol. The van der Waals surface area contributed by atoms with Gasteiger partial charge in [0.15, 0.2) is 0 Å². The highest BCUT2D eigenvalue weighted by molar-refractivity contribution is 9.11. The molecule has 0 bridgehead atoms.